The lowest BCUT2D eigenvalue weighted by atomic mass is 9.88. The molecular formula is C32H41FN4O4. The number of carbonyl (C=O) groups is 2. The maximum atomic E-state index is 14.6. The Morgan fingerprint density at radius 3 is 2.56 bits per heavy atom. The van der Waals surface area contributed by atoms with Gasteiger partial charge in [-0.1, -0.05) is 39.7 Å². The van der Waals surface area contributed by atoms with Crippen molar-refractivity contribution in [2.24, 2.45) is 5.92 Å². The summed E-state index contributed by atoms with van der Waals surface area (Å²) in [7, 11) is 0. The molecule has 41 heavy (non-hydrogen) atoms. The van der Waals surface area contributed by atoms with E-state index >= 15 is 0 Å². The number of aromatic nitrogens is 3. The second-order valence-electron chi connectivity index (χ2n) is 11.9. The first-order valence-electron chi connectivity index (χ1n) is 15.0. The van der Waals surface area contributed by atoms with Crippen molar-refractivity contribution in [2.75, 3.05) is 6.54 Å². The molecule has 1 aliphatic carbocycles. The fraction of sp³-hybridized carbons (Fsp3) is 0.562. The van der Waals surface area contributed by atoms with E-state index in [0.717, 1.165) is 43.9 Å². The molecule has 1 saturated carbocycles. The zero-order valence-corrected chi connectivity index (χ0v) is 24.8. The highest BCUT2D eigenvalue weighted by Gasteiger charge is 2.48. The number of ether oxygens (including phenoxy) is 2. The second kappa shape index (κ2) is 11.8. The van der Waals surface area contributed by atoms with Gasteiger partial charge < -0.3 is 14.4 Å². The third-order valence-corrected chi connectivity index (χ3v) is 8.54. The van der Waals surface area contributed by atoms with E-state index in [9.17, 15) is 14.0 Å². The molecule has 0 spiro atoms. The number of halogens is 1. The number of likely N-dealkylation sites (tertiary alicyclic amines) is 1. The fourth-order valence-electron chi connectivity index (χ4n) is 6.50. The summed E-state index contributed by atoms with van der Waals surface area (Å²) in [4.78, 5) is 38.1. The molecule has 0 unspecified atom stereocenters. The van der Waals surface area contributed by atoms with Gasteiger partial charge in [-0.15, -0.1) is 0 Å². The van der Waals surface area contributed by atoms with Gasteiger partial charge in [0.15, 0.2) is 12.4 Å². The summed E-state index contributed by atoms with van der Waals surface area (Å²) in [5, 5.41) is 0. The van der Waals surface area contributed by atoms with Crippen LogP contribution in [0.2, 0.25) is 0 Å². The summed E-state index contributed by atoms with van der Waals surface area (Å²) >= 11 is 0. The van der Waals surface area contributed by atoms with E-state index in [1.54, 1.807) is 18.4 Å². The first kappa shape index (κ1) is 29.0. The van der Waals surface area contributed by atoms with Gasteiger partial charge in [-0.2, -0.15) is 0 Å². The molecule has 3 heterocycles. The molecule has 2 aromatic heterocycles. The molecule has 1 aliphatic heterocycles. The van der Waals surface area contributed by atoms with Crippen LogP contribution < -0.4 is 4.74 Å². The van der Waals surface area contributed by atoms with E-state index in [-0.39, 0.29) is 30.6 Å². The van der Waals surface area contributed by atoms with E-state index in [0.29, 0.717) is 53.6 Å². The quantitative estimate of drug-likeness (QED) is 0.268. The van der Waals surface area contributed by atoms with Crippen LogP contribution in [0.15, 0.2) is 30.5 Å². The van der Waals surface area contributed by atoms with Crippen LogP contribution in [-0.4, -0.2) is 44.0 Å². The van der Waals surface area contributed by atoms with Crippen molar-refractivity contribution < 1.29 is 23.5 Å². The molecular weight excluding hydrogens is 523 g/mol. The van der Waals surface area contributed by atoms with Crippen LogP contribution in [0.25, 0.3) is 11.2 Å². The molecule has 2 aliphatic rings. The van der Waals surface area contributed by atoms with Gasteiger partial charge in [-0.3, -0.25) is 14.2 Å². The van der Waals surface area contributed by atoms with Crippen LogP contribution in [0.4, 0.5) is 4.39 Å². The Hall–Kier alpha value is -3.49. The number of benzene rings is 1. The van der Waals surface area contributed by atoms with Gasteiger partial charge in [0.05, 0.1) is 23.7 Å². The molecule has 1 aromatic carbocycles. The van der Waals surface area contributed by atoms with Crippen LogP contribution in [0.5, 0.6) is 5.75 Å². The highest BCUT2D eigenvalue weighted by Crippen LogP contribution is 2.45. The largest absolute Gasteiger partial charge is 0.491 e. The summed E-state index contributed by atoms with van der Waals surface area (Å²) in [5.74, 6) is 0.336. The minimum absolute atomic E-state index is 0.0156. The smallest absolute Gasteiger partial charge is 0.310 e. The summed E-state index contributed by atoms with van der Waals surface area (Å²) in [5.41, 5.74) is 1.76. The normalized spacial score (nSPS) is 19.6. The fourth-order valence-corrected chi connectivity index (χ4v) is 6.50. The minimum Gasteiger partial charge on any atom is -0.491 e. The van der Waals surface area contributed by atoms with Gasteiger partial charge in [-0.05, 0) is 69.6 Å². The maximum Gasteiger partial charge on any atom is 0.310 e. The van der Waals surface area contributed by atoms with Crippen molar-refractivity contribution in [3.63, 3.8) is 0 Å². The summed E-state index contributed by atoms with van der Waals surface area (Å²) in [6, 6.07) is 7.30. The third kappa shape index (κ3) is 5.55. The molecule has 3 aromatic rings. The van der Waals surface area contributed by atoms with Gasteiger partial charge >= 0.3 is 5.97 Å². The van der Waals surface area contributed by atoms with Crippen LogP contribution in [0.1, 0.15) is 107 Å². The van der Waals surface area contributed by atoms with Crippen LogP contribution in [-0.2, 0) is 21.8 Å². The van der Waals surface area contributed by atoms with Gasteiger partial charge in [-0.25, -0.2) is 14.4 Å². The molecule has 2 fully saturated rings. The Balaban J connectivity index is 1.61. The Bertz CT molecular complexity index is 1430. The van der Waals surface area contributed by atoms with E-state index < -0.39 is 11.4 Å². The zero-order chi connectivity index (χ0) is 29.3. The van der Waals surface area contributed by atoms with Crippen molar-refractivity contribution in [2.45, 2.75) is 104 Å². The molecule has 1 saturated heterocycles. The Morgan fingerprint density at radius 2 is 1.88 bits per heavy atom. The van der Waals surface area contributed by atoms with Crippen LogP contribution in [0.3, 0.4) is 0 Å². The lowest BCUT2D eigenvalue weighted by molar-refractivity contribution is -0.151. The predicted octanol–water partition coefficient (Wildman–Crippen LogP) is 6.71. The lowest BCUT2D eigenvalue weighted by Gasteiger charge is -2.38. The topological polar surface area (TPSA) is 86.5 Å². The minimum atomic E-state index is -0.777. The number of hydrogen-bond donors (Lipinski definition) is 0. The van der Waals surface area contributed by atoms with Crippen molar-refractivity contribution >= 4 is 23.0 Å². The number of pyridine rings is 1. The average Bonchev–Trinajstić information content (AvgIpc) is 3.70. The first-order chi connectivity index (χ1) is 19.6. The van der Waals surface area contributed by atoms with Crippen molar-refractivity contribution in [1.82, 2.24) is 19.4 Å². The molecule has 0 radical (unpaired) electrons. The molecule has 0 bridgehead atoms. The number of imidazole rings is 1. The molecule has 1 amide bonds. The third-order valence-electron chi connectivity index (χ3n) is 8.54. The van der Waals surface area contributed by atoms with Gasteiger partial charge in [0, 0.05) is 18.2 Å². The molecule has 5 rings (SSSR count). The maximum absolute atomic E-state index is 14.6. The second-order valence-corrected chi connectivity index (χ2v) is 11.9. The standard InChI is InChI=1S/C32H41FN4O4/c1-6-32(31-35-28-27(16-23(33)18-34-28)36(31)19-40-30(39)20(2)3)14-9-15-37(32)29(38)26-17-24(41-21(4)5)12-13-25(26)22-10-7-8-11-22/h12-13,16-18,20-22H,6-11,14-15,19H2,1-5H3/t32-/m0/s1. The van der Waals surface area contributed by atoms with Crippen molar-refractivity contribution in [1.29, 1.82) is 0 Å². The van der Waals surface area contributed by atoms with Gasteiger partial charge in [0.2, 0.25) is 0 Å². The summed E-state index contributed by atoms with van der Waals surface area (Å²) < 4.78 is 27.7. The Morgan fingerprint density at radius 1 is 1.12 bits per heavy atom. The van der Waals surface area contributed by atoms with E-state index in [4.69, 9.17) is 14.5 Å². The molecule has 220 valence electrons. The lowest BCUT2D eigenvalue weighted by Crippen LogP contribution is -2.47. The zero-order valence-electron chi connectivity index (χ0n) is 24.8. The van der Waals surface area contributed by atoms with Gasteiger partial charge in [0.25, 0.3) is 5.91 Å². The molecule has 9 heteroatoms. The number of rotatable bonds is 9. The number of carbonyl (C=O) groups excluding carboxylic acids is 2. The number of amides is 1. The molecule has 0 N–H and O–H groups in total. The van der Waals surface area contributed by atoms with Crippen molar-refractivity contribution in [3.8, 4) is 5.75 Å². The summed E-state index contributed by atoms with van der Waals surface area (Å²) in [6.07, 6.45) is 7.63. The van der Waals surface area contributed by atoms with E-state index in [2.05, 4.69) is 11.1 Å². The van der Waals surface area contributed by atoms with Crippen LogP contribution in [0, 0.1) is 11.7 Å². The number of fused-ring (bicyclic) bond motifs is 1. The van der Waals surface area contributed by atoms with E-state index in [1.165, 1.54) is 6.07 Å². The summed E-state index contributed by atoms with van der Waals surface area (Å²) in [6.45, 7) is 9.94. The number of hydrogen-bond acceptors (Lipinski definition) is 6. The molecule has 1 atom stereocenters. The Kier molecular flexibility index (Phi) is 8.34. The van der Waals surface area contributed by atoms with E-state index in [1.807, 2.05) is 37.8 Å². The molecule has 8 nitrogen and oxygen atoms in total. The highest BCUT2D eigenvalue weighted by molar-refractivity contribution is 5.97. The van der Waals surface area contributed by atoms with Crippen LogP contribution >= 0.6 is 0 Å². The monoisotopic (exact) mass is 564 g/mol. The average molecular weight is 565 g/mol. The predicted molar refractivity (Wildman–Crippen MR) is 154 cm³/mol. The van der Waals surface area contributed by atoms with Gasteiger partial charge in [0.1, 0.15) is 22.9 Å². The number of nitrogens with zero attached hydrogens (tertiary/aromatic N) is 4. The number of esters is 1. The van der Waals surface area contributed by atoms with Crippen molar-refractivity contribution in [3.05, 3.63) is 53.2 Å². The Labute approximate surface area is 241 Å². The first-order valence-corrected chi connectivity index (χ1v) is 15.0. The highest BCUT2D eigenvalue weighted by atomic mass is 19.1. The SMILES string of the molecule is CC[C@@]1(c2nc3ncc(F)cc3n2COC(=O)C(C)C)CCCN1C(=O)c1cc(OC(C)C)ccc1C1CCCC1.